The molecule has 1 unspecified atom stereocenters. The van der Waals surface area contributed by atoms with Crippen molar-refractivity contribution in [3.8, 4) is 0 Å². The Kier molecular flexibility index (Phi) is 3.26. The number of carboxylic acids is 1. The van der Waals surface area contributed by atoms with Crippen molar-refractivity contribution in [2.24, 2.45) is 0 Å². The predicted molar refractivity (Wildman–Crippen MR) is 59.0 cm³/mol. The maximum atomic E-state index is 11.7. The van der Waals surface area contributed by atoms with Gasteiger partial charge in [0.25, 0.3) is 5.91 Å². The lowest BCUT2D eigenvalue weighted by Crippen LogP contribution is -2.38. The van der Waals surface area contributed by atoms with Crippen LogP contribution in [0.15, 0.2) is 6.33 Å². The molecule has 8 heteroatoms. The van der Waals surface area contributed by atoms with Crippen molar-refractivity contribution >= 4 is 17.8 Å². The molecule has 1 aliphatic rings. The highest BCUT2D eigenvalue weighted by atomic mass is 16.4. The summed E-state index contributed by atoms with van der Waals surface area (Å²) in [7, 11) is 0. The normalized spacial score (nSPS) is 18.4. The second-order valence-electron chi connectivity index (χ2n) is 3.94. The van der Waals surface area contributed by atoms with E-state index >= 15 is 0 Å². The lowest BCUT2D eigenvalue weighted by molar-refractivity contribution is -0.119. The highest BCUT2D eigenvalue weighted by molar-refractivity contribution is 6.02. The number of H-pyrrole nitrogens is 1. The summed E-state index contributed by atoms with van der Waals surface area (Å²) < 4.78 is 0. The molecule has 1 saturated heterocycles. The summed E-state index contributed by atoms with van der Waals surface area (Å²) in [6, 6.07) is -0.103. The molecular formula is C10H12N4O4. The molecule has 2 heterocycles. The fraction of sp³-hybridized carbons (Fsp3) is 0.400. The van der Waals surface area contributed by atoms with Crippen LogP contribution in [0.4, 0.5) is 0 Å². The summed E-state index contributed by atoms with van der Waals surface area (Å²) >= 11 is 0. The van der Waals surface area contributed by atoms with Crippen LogP contribution in [0, 0.1) is 0 Å². The van der Waals surface area contributed by atoms with Gasteiger partial charge in [-0.2, -0.15) is 0 Å². The van der Waals surface area contributed by atoms with Gasteiger partial charge in [0.1, 0.15) is 0 Å². The molecule has 0 aliphatic carbocycles. The molecule has 1 aromatic rings. The van der Waals surface area contributed by atoms with Crippen molar-refractivity contribution < 1.29 is 19.5 Å². The third-order valence-corrected chi connectivity index (χ3v) is 2.66. The van der Waals surface area contributed by atoms with Gasteiger partial charge < -0.3 is 20.7 Å². The maximum absolute atomic E-state index is 11.7. The van der Waals surface area contributed by atoms with Crippen molar-refractivity contribution in [1.29, 1.82) is 0 Å². The topological polar surface area (TPSA) is 124 Å². The molecule has 2 amide bonds. The predicted octanol–water partition coefficient (Wildman–Crippen LogP) is -0.884. The van der Waals surface area contributed by atoms with Gasteiger partial charge in [0.2, 0.25) is 5.91 Å². The number of hydrogen-bond acceptors (Lipinski definition) is 4. The molecule has 1 aliphatic heterocycles. The fourth-order valence-electron chi connectivity index (χ4n) is 1.76. The quantitative estimate of drug-likeness (QED) is 0.553. The van der Waals surface area contributed by atoms with Gasteiger partial charge in [-0.15, -0.1) is 0 Å². The molecular weight excluding hydrogens is 240 g/mol. The smallest absolute Gasteiger partial charge is 0.354 e. The zero-order valence-electron chi connectivity index (χ0n) is 9.40. The summed E-state index contributed by atoms with van der Waals surface area (Å²) in [5, 5.41) is 14.0. The molecule has 4 N–H and O–H groups in total. The number of rotatable bonds is 4. The number of carbonyl (C=O) groups excluding carboxylic acids is 2. The molecule has 1 fully saturated rings. The van der Waals surface area contributed by atoms with Crippen LogP contribution < -0.4 is 10.6 Å². The molecule has 8 nitrogen and oxygen atoms in total. The molecule has 0 aromatic carbocycles. The van der Waals surface area contributed by atoms with Crippen LogP contribution in [-0.2, 0) is 4.79 Å². The highest BCUT2D eigenvalue weighted by Crippen LogP contribution is 2.06. The Bertz CT molecular complexity index is 496. The SMILES string of the molecule is O=C1CCC(CNC(=O)c2nc[nH]c2C(=O)O)N1. The third-order valence-electron chi connectivity index (χ3n) is 2.66. The second kappa shape index (κ2) is 4.86. The average molecular weight is 252 g/mol. The maximum Gasteiger partial charge on any atom is 0.354 e. The molecule has 1 atom stereocenters. The van der Waals surface area contributed by atoms with Crippen LogP contribution in [0.1, 0.15) is 33.8 Å². The number of carboxylic acid groups (broad SMARTS) is 1. The van der Waals surface area contributed by atoms with Gasteiger partial charge in [-0.05, 0) is 6.42 Å². The molecule has 0 bridgehead atoms. The number of nitrogens with zero attached hydrogens (tertiary/aromatic N) is 1. The molecule has 18 heavy (non-hydrogen) atoms. The van der Waals surface area contributed by atoms with E-state index in [1.54, 1.807) is 0 Å². The molecule has 1 aromatic heterocycles. The first-order valence-corrected chi connectivity index (χ1v) is 5.42. The number of hydrogen-bond donors (Lipinski definition) is 4. The van der Waals surface area contributed by atoms with Crippen LogP contribution in [0.3, 0.4) is 0 Å². The lowest BCUT2D eigenvalue weighted by atomic mass is 10.2. The Morgan fingerprint density at radius 3 is 2.94 bits per heavy atom. The van der Waals surface area contributed by atoms with E-state index in [9.17, 15) is 14.4 Å². The van der Waals surface area contributed by atoms with Crippen LogP contribution >= 0.6 is 0 Å². The van der Waals surface area contributed by atoms with Crippen LogP contribution in [0.2, 0.25) is 0 Å². The number of nitrogens with one attached hydrogen (secondary N) is 3. The fourth-order valence-corrected chi connectivity index (χ4v) is 1.76. The Morgan fingerprint density at radius 1 is 1.56 bits per heavy atom. The van der Waals surface area contributed by atoms with Gasteiger partial charge in [-0.3, -0.25) is 9.59 Å². The standard InChI is InChI=1S/C10H12N4O4/c15-6-2-1-5(14-6)3-11-9(16)7-8(10(17)18)13-4-12-7/h4-5H,1-3H2,(H,11,16)(H,12,13)(H,14,15)(H,17,18). The van der Waals surface area contributed by atoms with Crippen molar-refractivity contribution in [2.45, 2.75) is 18.9 Å². The van der Waals surface area contributed by atoms with E-state index in [1.165, 1.54) is 0 Å². The van der Waals surface area contributed by atoms with Gasteiger partial charge in [0, 0.05) is 19.0 Å². The lowest BCUT2D eigenvalue weighted by Gasteiger charge is -2.10. The Hall–Kier alpha value is -2.38. The zero-order valence-corrected chi connectivity index (χ0v) is 9.40. The van der Waals surface area contributed by atoms with Crippen LogP contribution in [0.5, 0.6) is 0 Å². The number of aromatic carboxylic acids is 1. The second-order valence-corrected chi connectivity index (χ2v) is 3.94. The largest absolute Gasteiger partial charge is 0.477 e. The first-order chi connectivity index (χ1) is 8.58. The van der Waals surface area contributed by atoms with Gasteiger partial charge in [-0.1, -0.05) is 0 Å². The van der Waals surface area contributed by atoms with E-state index < -0.39 is 11.9 Å². The van der Waals surface area contributed by atoms with Crippen molar-refractivity contribution in [3.63, 3.8) is 0 Å². The van der Waals surface area contributed by atoms with Crippen molar-refractivity contribution in [1.82, 2.24) is 20.6 Å². The Morgan fingerprint density at radius 2 is 2.33 bits per heavy atom. The number of aromatic amines is 1. The van der Waals surface area contributed by atoms with Gasteiger partial charge >= 0.3 is 5.97 Å². The molecule has 2 rings (SSSR count). The first-order valence-electron chi connectivity index (χ1n) is 5.42. The number of carbonyl (C=O) groups is 3. The molecule has 96 valence electrons. The molecule has 0 radical (unpaired) electrons. The van der Waals surface area contributed by atoms with Gasteiger partial charge in [0.05, 0.1) is 6.33 Å². The Balaban J connectivity index is 1.93. The summed E-state index contributed by atoms with van der Waals surface area (Å²) in [6.45, 7) is 0.260. The van der Waals surface area contributed by atoms with E-state index in [1.807, 2.05) is 0 Å². The highest BCUT2D eigenvalue weighted by Gasteiger charge is 2.23. The van der Waals surface area contributed by atoms with Crippen LogP contribution in [-0.4, -0.2) is 45.4 Å². The minimum Gasteiger partial charge on any atom is -0.477 e. The summed E-state index contributed by atoms with van der Waals surface area (Å²) in [4.78, 5) is 39.5. The van der Waals surface area contributed by atoms with E-state index in [-0.39, 0.29) is 29.9 Å². The third kappa shape index (κ3) is 2.47. The first kappa shape index (κ1) is 12.1. The van der Waals surface area contributed by atoms with Crippen molar-refractivity contribution in [3.05, 3.63) is 17.7 Å². The molecule has 0 saturated carbocycles. The number of imidazole rings is 1. The number of amides is 2. The van der Waals surface area contributed by atoms with E-state index in [0.29, 0.717) is 12.8 Å². The molecule has 0 spiro atoms. The average Bonchev–Trinajstić information content (AvgIpc) is 2.94. The summed E-state index contributed by atoms with van der Waals surface area (Å²) in [6.07, 6.45) is 2.25. The summed E-state index contributed by atoms with van der Waals surface area (Å²) in [5.74, 6) is -1.86. The van der Waals surface area contributed by atoms with E-state index in [0.717, 1.165) is 6.33 Å². The van der Waals surface area contributed by atoms with Gasteiger partial charge in [-0.25, -0.2) is 9.78 Å². The van der Waals surface area contributed by atoms with Crippen LogP contribution in [0.25, 0.3) is 0 Å². The number of aromatic nitrogens is 2. The van der Waals surface area contributed by atoms with E-state index in [4.69, 9.17) is 5.11 Å². The van der Waals surface area contributed by atoms with Gasteiger partial charge in [0.15, 0.2) is 11.4 Å². The monoisotopic (exact) mass is 252 g/mol. The minimum atomic E-state index is -1.24. The zero-order chi connectivity index (χ0) is 13.1. The Labute approximate surface area is 102 Å². The minimum absolute atomic E-state index is 0.0414. The summed E-state index contributed by atoms with van der Waals surface area (Å²) in [5.41, 5.74) is -0.408. The van der Waals surface area contributed by atoms with Crippen molar-refractivity contribution in [2.75, 3.05) is 6.54 Å². The van der Waals surface area contributed by atoms with E-state index in [2.05, 4.69) is 20.6 Å².